The third-order valence-corrected chi connectivity index (χ3v) is 5.90. The molecule has 2 heterocycles. The van der Waals surface area contributed by atoms with Gasteiger partial charge in [-0.15, -0.1) is 0 Å². The van der Waals surface area contributed by atoms with Crippen LogP contribution in [0.5, 0.6) is 0 Å². The molecule has 1 spiro atoms. The second kappa shape index (κ2) is 3.25. The van der Waals surface area contributed by atoms with Crippen molar-refractivity contribution in [2.45, 2.75) is 71.0 Å². The molecule has 92 valence electrons. The Kier molecular flexibility index (Phi) is 2.25. The summed E-state index contributed by atoms with van der Waals surface area (Å²) in [6.45, 7) is 9.59. The molecule has 3 aliphatic rings. The lowest BCUT2D eigenvalue weighted by Crippen LogP contribution is -2.48. The van der Waals surface area contributed by atoms with Gasteiger partial charge in [-0.1, -0.05) is 20.8 Å². The lowest BCUT2D eigenvalue weighted by atomic mass is 9.57. The molecule has 3 fully saturated rings. The SMILES string of the molecule is CC(C)[C@@H]1CC[C@@H](C)[C@]23CC[C@](C)(C[C@@H]12)O3. The molecule has 0 amide bonds. The Hall–Kier alpha value is -0.0400. The van der Waals surface area contributed by atoms with Crippen molar-refractivity contribution in [3.8, 4) is 0 Å². The van der Waals surface area contributed by atoms with Gasteiger partial charge < -0.3 is 4.74 Å². The molecule has 2 saturated heterocycles. The molecule has 16 heavy (non-hydrogen) atoms. The molecular formula is C15H26O. The van der Waals surface area contributed by atoms with Gasteiger partial charge in [0.15, 0.2) is 0 Å². The predicted molar refractivity (Wildman–Crippen MR) is 66.3 cm³/mol. The molecule has 5 atom stereocenters. The van der Waals surface area contributed by atoms with Crippen molar-refractivity contribution < 1.29 is 4.74 Å². The number of rotatable bonds is 1. The van der Waals surface area contributed by atoms with Crippen molar-refractivity contribution in [2.75, 3.05) is 0 Å². The van der Waals surface area contributed by atoms with Crippen LogP contribution in [0.25, 0.3) is 0 Å². The normalized spacial score (nSPS) is 55.7. The standard InChI is InChI=1S/C15H26O/c1-10(2)12-6-5-11(3)15-8-7-14(4,16-15)9-13(12)15/h10-13H,5-9H2,1-4H3/t11-,12+,13+,14-,15-/m1/s1. The molecule has 1 aliphatic carbocycles. The van der Waals surface area contributed by atoms with Gasteiger partial charge in [0, 0.05) is 0 Å². The molecule has 1 saturated carbocycles. The van der Waals surface area contributed by atoms with Gasteiger partial charge in [0.05, 0.1) is 11.2 Å². The Morgan fingerprint density at radius 2 is 1.94 bits per heavy atom. The summed E-state index contributed by atoms with van der Waals surface area (Å²) in [5, 5.41) is 0. The van der Waals surface area contributed by atoms with E-state index in [-0.39, 0.29) is 11.2 Å². The van der Waals surface area contributed by atoms with Crippen molar-refractivity contribution in [1.29, 1.82) is 0 Å². The van der Waals surface area contributed by atoms with Crippen molar-refractivity contribution in [3.63, 3.8) is 0 Å². The van der Waals surface area contributed by atoms with Gasteiger partial charge in [-0.05, 0) is 62.7 Å². The van der Waals surface area contributed by atoms with Crippen LogP contribution in [-0.2, 0) is 4.74 Å². The molecule has 2 aliphatic heterocycles. The van der Waals surface area contributed by atoms with Gasteiger partial charge in [-0.2, -0.15) is 0 Å². The van der Waals surface area contributed by atoms with Crippen molar-refractivity contribution in [3.05, 3.63) is 0 Å². The summed E-state index contributed by atoms with van der Waals surface area (Å²) in [5.41, 5.74) is 0.512. The fraction of sp³-hybridized carbons (Fsp3) is 1.00. The van der Waals surface area contributed by atoms with Crippen molar-refractivity contribution in [2.24, 2.45) is 23.7 Å². The quantitative estimate of drug-likeness (QED) is 0.651. The number of fused-ring (bicyclic) bond motifs is 1. The van der Waals surface area contributed by atoms with E-state index in [9.17, 15) is 0 Å². The second-order valence-electron chi connectivity index (χ2n) is 7.20. The van der Waals surface area contributed by atoms with E-state index in [4.69, 9.17) is 4.74 Å². The summed E-state index contributed by atoms with van der Waals surface area (Å²) >= 11 is 0. The van der Waals surface area contributed by atoms with Crippen LogP contribution in [0, 0.1) is 23.7 Å². The fourth-order valence-corrected chi connectivity index (χ4v) is 4.98. The minimum atomic E-state index is 0.233. The van der Waals surface area contributed by atoms with Gasteiger partial charge >= 0.3 is 0 Å². The highest BCUT2D eigenvalue weighted by molar-refractivity contribution is 5.13. The zero-order chi connectivity index (χ0) is 11.6. The fourth-order valence-electron chi connectivity index (χ4n) is 4.98. The van der Waals surface area contributed by atoms with E-state index >= 15 is 0 Å². The van der Waals surface area contributed by atoms with Gasteiger partial charge in [-0.25, -0.2) is 0 Å². The van der Waals surface area contributed by atoms with E-state index in [1.54, 1.807) is 0 Å². The van der Waals surface area contributed by atoms with Crippen LogP contribution >= 0.6 is 0 Å². The maximum absolute atomic E-state index is 6.54. The Labute approximate surface area is 99.9 Å². The summed E-state index contributed by atoms with van der Waals surface area (Å²) in [6.07, 6.45) is 6.79. The van der Waals surface area contributed by atoms with E-state index in [1.807, 2.05) is 0 Å². The summed E-state index contributed by atoms with van der Waals surface area (Å²) < 4.78 is 6.54. The molecule has 1 nitrogen and oxygen atoms in total. The van der Waals surface area contributed by atoms with Crippen LogP contribution in [0.3, 0.4) is 0 Å². The summed E-state index contributed by atoms with van der Waals surface area (Å²) in [4.78, 5) is 0. The second-order valence-corrected chi connectivity index (χ2v) is 7.20. The zero-order valence-corrected chi connectivity index (χ0v) is 11.3. The highest BCUT2D eigenvalue weighted by Crippen LogP contribution is 2.63. The predicted octanol–water partition coefficient (Wildman–Crippen LogP) is 4.02. The third kappa shape index (κ3) is 1.27. The molecule has 0 aromatic rings. The largest absolute Gasteiger partial charge is 0.368 e. The third-order valence-electron chi connectivity index (χ3n) is 5.90. The Morgan fingerprint density at radius 1 is 1.19 bits per heavy atom. The first kappa shape index (κ1) is 11.1. The monoisotopic (exact) mass is 222 g/mol. The van der Waals surface area contributed by atoms with Crippen LogP contribution in [0.4, 0.5) is 0 Å². The van der Waals surface area contributed by atoms with Crippen LogP contribution in [-0.4, -0.2) is 11.2 Å². The van der Waals surface area contributed by atoms with Crippen LogP contribution in [0.15, 0.2) is 0 Å². The van der Waals surface area contributed by atoms with E-state index in [0.717, 1.165) is 23.7 Å². The first-order chi connectivity index (χ1) is 7.47. The molecule has 2 bridgehead atoms. The molecular weight excluding hydrogens is 196 g/mol. The van der Waals surface area contributed by atoms with Gasteiger partial charge in [0.1, 0.15) is 0 Å². The van der Waals surface area contributed by atoms with Crippen molar-refractivity contribution in [1.82, 2.24) is 0 Å². The van der Waals surface area contributed by atoms with Crippen LogP contribution in [0.1, 0.15) is 59.8 Å². The summed E-state index contributed by atoms with van der Waals surface area (Å²) in [6, 6.07) is 0. The van der Waals surface area contributed by atoms with Crippen LogP contribution < -0.4 is 0 Å². The maximum Gasteiger partial charge on any atom is 0.0748 e. The average molecular weight is 222 g/mol. The van der Waals surface area contributed by atoms with Crippen molar-refractivity contribution >= 4 is 0 Å². The van der Waals surface area contributed by atoms with Gasteiger partial charge in [0.25, 0.3) is 0 Å². The number of hydrogen-bond donors (Lipinski definition) is 0. The molecule has 0 N–H and O–H groups in total. The molecule has 1 heteroatoms. The lowest BCUT2D eigenvalue weighted by molar-refractivity contribution is -0.112. The minimum absolute atomic E-state index is 0.233. The number of ether oxygens (including phenoxy) is 1. The van der Waals surface area contributed by atoms with E-state index in [1.165, 1.54) is 32.1 Å². The Bertz CT molecular complexity index is 298. The zero-order valence-electron chi connectivity index (χ0n) is 11.3. The first-order valence-corrected chi connectivity index (χ1v) is 7.17. The molecule has 3 rings (SSSR count). The topological polar surface area (TPSA) is 9.23 Å². The summed E-state index contributed by atoms with van der Waals surface area (Å²) in [5.74, 6) is 3.39. The summed E-state index contributed by atoms with van der Waals surface area (Å²) in [7, 11) is 0. The highest BCUT2D eigenvalue weighted by Gasteiger charge is 2.64. The molecule has 0 radical (unpaired) electrons. The maximum atomic E-state index is 6.54. The Morgan fingerprint density at radius 3 is 2.56 bits per heavy atom. The van der Waals surface area contributed by atoms with E-state index < -0.39 is 0 Å². The van der Waals surface area contributed by atoms with Gasteiger partial charge in [0.2, 0.25) is 0 Å². The average Bonchev–Trinajstić information content (AvgIpc) is 2.69. The smallest absolute Gasteiger partial charge is 0.0748 e. The van der Waals surface area contributed by atoms with Gasteiger partial charge in [-0.3, -0.25) is 0 Å². The van der Waals surface area contributed by atoms with E-state index in [0.29, 0.717) is 0 Å². The number of hydrogen-bond acceptors (Lipinski definition) is 1. The molecule has 0 aromatic carbocycles. The lowest BCUT2D eigenvalue weighted by Gasteiger charge is -2.48. The highest BCUT2D eigenvalue weighted by atomic mass is 16.5. The first-order valence-electron chi connectivity index (χ1n) is 7.17. The molecule has 0 aromatic heterocycles. The van der Waals surface area contributed by atoms with Crippen LogP contribution in [0.2, 0.25) is 0 Å². The molecule has 0 unspecified atom stereocenters. The van der Waals surface area contributed by atoms with E-state index in [2.05, 4.69) is 27.7 Å². The Balaban J connectivity index is 1.95. The minimum Gasteiger partial charge on any atom is -0.368 e.